The van der Waals surface area contributed by atoms with Gasteiger partial charge in [-0.25, -0.2) is 14.2 Å². The van der Waals surface area contributed by atoms with Gasteiger partial charge in [0.2, 0.25) is 0 Å². The Hall–Kier alpha value is -3.55. The van der Waals surface area contributed by atoms with Gasteiger partial charge in [0.25, 0.3) is 0 Å². The summed E-state index contributed by atoms with van der Waals surface area (Å²) in [6.07, 6.45) is 0. The molecule has 0 fully saturated rings. The van der Waals surface area contributed by atoms with Crippen LogP contribution in [0.2, 0.25) is 10.0 Å². The molecule has 0 aliphatic rings. The van der Waals surface area contributed by atoms with Crippen molar-refractivity contribution >= 4 is 34.9 Å². The van der Waals surface area contributed by atoms with Crippen LogP contribution >= 0.6 is 23.2 Å². The van der Waals surface area contributed by atoms with Gasteiger partial charge in [-0.1, -0.05) is 53.5 Å². The second kappa shape index (κ2) is 11.9. The van der Waals surface area contributed by atoms with Crippen LogP contribution in [0.15, 0.2) is 66.7 Å². The molecule has 38 heavy (non-hydrogen) atoms. The van der Waals surface area contributed by atoms with E-state index in [9.17, 15) is 4.79 Å². The third-order valence-corrected chi connectivity index (χ3v) is 6.55. The van der Waals surface area contributed by atoms with Gasteiger partial charge in [-0.3, -0.25) is 0 Å². The summed E-state index contributed by atoms with van der Waals surface area (Å²) in [5.41, 5.74) is 2.21. The van der Waals surface area contributed by atoms with Gasteiger partial charge >= 0.3 is 5.97 Å². The lowest BCUT2D eigenvalue weighted by Gasteiger charge is -2.26. The Labute approximate surface area is 231 Å². The number of ether oxygens (including phenoxy) is 2. The number of benzene rings is 3. The van der Waals surface area contributed by atoms with Crippen LogP contribution in [0, 0.1) is 5.82 Å². The molecule has 198 valence electrons. The molecule has 9 heteroatoms. The van der Waals surface area contributed by atoms with Crippen LogP contribution in [0.3, 0.4) is 0 Å². The van der Waals surface area contributed by atoms with E-state index >= 15 is 4.39 Å². The first-order chi connectivity index (χ1) is 18.3. The first-order valence-electron chi connectivity index (χ1n) is 12.1. The second-order valence-electron chi connectivity index (χ2n) is 8.78. The summed E-state index contributed by atoms with van der Waals surface area (Å²) < 4.78 is 28.1. The number of anilines is 1. The van der Waals surface area contributed by atoms with E-state index < -0.39 is 17.8 Å². The monoisotopic (exact) mass is 555 g/mol. The first kappa shape index (κ1) is 27.5. The highest BCUT2D eigenvalue weighted by Gasteiger charge is 2.33. The van der Waals surface area contributed by atoms with Crippen LogP contribution in [-0.2, 0) is 4.74 Å². The molecule has 1 unspecified atom stereocenters. The fourth-order valence-electron chi connectivity index (χ4n) is 4.35. The zero-order valence-corrected chi connectivity index (χ0v) is 23.0. The Morgan fingerprint density at radius 2 is 1.76 bits per heavy atom. The van der Waals surface area contributed by atoms with Crippen molar-refractivity contribution in [2.45, 2.75) is 32.9 Å². The summed E-state index contributed by atoms with van der Waals surface area (Å²) >= 11 is 12.3. The zero-order valence-electron chi connectivity index (χ0n) is 21.5. The lowest BCUT2D eigenvalue weighted by atomic mass is 10.0. The molecule has 3 aromatic carbocycles. The highest BCUT2D eigenvalue weighted by atomic mass is 35.5. The summed E-state index contributed by atoms with van der Waals surface area (Å²) in [6.45, 7) is 5.86. The van der Waals surface area contributed by atoms with E-state index in [1.54, 1.807) is 38.3 Å². The Balaban J connectivity index is 2.05. The minimum Gasteiger partial charge on any atom is -0.496 e. The fraction of sp³-hybridized carbons (Fsp3) is 0.241. The first-order valence-corrected chi connectivity index (χ1v) is 12.9. The third kappa shape index (κ3) is 5.49. The van der Waals surface area contributed by atoms with Crippen molar-refractivity contribution in [3.63, 3.8) is 0 Å². The van der Waals surface area contributed by atoms with Gasteiger partial charge in [0.05, 0.1) is 41.7 Å². The molecule has 0 aliphatic carbocycles. The molecule has 4 rings (SSSR count). The number of nitrogens with zero attached hydrogens (tertiary/aromatic N) is 2. The number of para-hydroxylation sites is 1. The third-order valence-electron chi connectivity index (χ3n) is 6.01. The van der Waals surface area contributed by atoms with Crippen molar-refractivity contribution in [2.24, 2.45) is 0 Å². The number of rotatable bonds is 9. The Bertz CT molecular complexity index is 1440. The minimum absolute atomic E-state index is 0.0254. The van der Waals surface area contributed by atoms with Crippen molar-refractivity contribution in [3.05, 3.63) is 99.5 Å². The average molecular weight is 556 g/mol. The lowest BCUT2D eigenvalue weighted by Crippen LogP contribution is -2.22. The molecule has 0 spiro atoms. The molecule has 0 radical (unpaired) electrons. The number of hydrogen-bond donors (Lipinski definition) is 1. The minimum atomic E-state index is -0.724. The zero-order chi connectivity index (χ0) is 27.4. The predicted octanol–water partition coefficient (Wildman–Crippen LogP) is 7.96. The van der Waals surface area contributed by atoms with Crippen molar-refractivity contribution < 1.29 is 18.7 Å². The second-order valence-corrected chi connectivity index (χ2v) is 9.63. The molecule has 0 saturated carbocycles. The molecule has 0 amide bonds. The summed E-state index contributed by atoms with van der Waals surface area (Å²) in [5.74, 6) is -0.0853. The SMILES string of the molecule is CCOC(=O)c1nc(-c2ccccc2OC)n(C(C)C)c1C(Nc1cccc(Cl)c1F)c1ccc(Cl)cc1. The van der Waals surface area contributed by atoms with Crippen LogP contribution in [0.5, 0.6) is 5.75 Å². The van der Waals surface area contributed by atoms with E-state index in [4.69, 9.17) is 37.7 Å². The van der Waals surface area contributed by atoms with Gasteiger partial charge in [-0.2, -0.15) is 0 Å². The quantitative estimate of drug-likeness (QED) is 0.212. The number of carbonyl (C=O) groups is 1. The smallest absolute Gasteiger partial charge is 0.358 e. The van der Waals surface area contributed by atoms with Crippen molar-refractivity contribution in [3.8, 4) is 17.1 Å². The van der Waals surface area contributed by atoms with Gasteiger partial charge < -0.3 is 19.4 Å². The Morgan fingerprint density at radius 1 is 1.05 bits per heavy atom. The molecule has 1 N–H and O–H groups in total. The maximum atomic E-state index is 15.1. The highest BCUT2D eigenvalue weighted by molar-refractivity contribution is 6.31. The molecule has 0 bridgehead atoms. The molecule has 6 nitrogen and oxygen atoms in total. The van der Waals surface area contributed by atoms with Crippen LogP contribution < -0.4 is 10.1 Å². The van der Waals surface area contributed by atoms with Crippen LogP contribution in [0.1, 0.15) is 54.6 Å². The van der Waals surface area contributed by atoms with Crippen molar-refractivity contribution in [1.29, 1.82) is 0 Å². The Morgan fingerprint density at radius 3 is 2.42 bits per heavy atom. The summed E-state index contributed by atoms with van der Waals surface area (Å²) in [5, 5.41) is 3.78. The van der Waals surface area contributed by atoms with E-state index in [0.29, 0.717) is 27.9 Å². The van der Waals surface area contributed by atoms with Crippen LogP contribution in [0.25, 0.3) is 11.4 Å². The average Bonchev–Trinajstić information content (AvgIpc) is 3.31. The predicted molar refractivity (Wildman–Crippen MR) is 149 cm³/mol. The maximum Gasteiger partial charge on any atom is 0.358 e. The van der Waals surface area contributed by atoms with Gasteiger partial charge in [0, 0.05) is 11.1 Å². The van der Waals surface area contributed by atoms with E-state index in [1.165, 1.54) is 6.07 Å². The number of imidazole rings is 1. The number of aromatic nitrogens is 2. The number of hydrogen-bond acceptors (Lipinski definition) is 5. The van der Waals surface area contributed by atoms with Crippen LogP contribution in [0.4, 0.5) is 10.1 Å². The fourth-order valence-corrected chi connectivity index (χ4v) is 4.65. The van der Waals surface area contributed by atoms with Gasteiger partial charge in [-0.15, -0.1) is 0 Å². The number of methoxy groups -OCH3 is 1. The van der Waals surface area contributed by atoms with Crippen LogP contribution in [-0.4, -0.2) is 29.2 Å². The maximum absolute atomic E-state index is 15.1. The molecular weight excluding hydrogens is 528 g/mol. The number of nitrogens with one attached hydrogen (secondary N) is 1. The van der Waals surface area contributed by atoms with E-state index in [2.05, 4.69) is 5.32 Å². The van der Waals surface area contributed by atoms with Gasteiger partial charge in [-0.05, 0) is 62.7 Å². The molecule has 1 aromatic heterocycles. The van der Waals surface area contributed by atoms with E-state index in [1.807, 2.05) is 54.8 Å². The topological polar surface area (TPSA) is 65.4 Å². The summed E-state index contributed by atoms with van der Waals surface area (Å²) in [4.78, 5) is 18.1. The van der Waals surface area contributed by atoms with Gasteiger partial charge in [0.15, 0.2) is 11.5 Å². The highest BCUT2D eigenvalue weighted by Crippen LogP contribution is 2.39. The molecule has 1 atom stereocenters. The standard InChI is InChI=1S/C29H28Cl2FN3O3/c1-5-38-29(36)26-27(35(17(2)3)28(34-26)20-9-6-7-12-23(20)37-4)25(18-13-15-19(30)16-14-18)33-22-11-8-10-21(31)24(22)32/h6-17,25,33H,5H2,1-4H3. The van der Waals surface area contributed by atoms with E-state index in [0.717, 1.165) is 5.56 Å². The molecular formula is C29H28Cl2FN3O3. The summed E-state index contributed by atoms with van der Waals surface area (Å²) in [6, 6.07) is 18.4. The van der Waals surface area contributed by atoms with Crippen molar-refractivity contribution in [2.75, 3.05) is 19.0 Å². The van der Waals surface area contributed by atoms with Gasteiger partial charge in [0.1, 0.15) is 11.6 Å². The number of carbonyl (C=O) groups excluding carboxylic acids is 1. The van der Waals surface area contributed by atoms with E-state index in [-0.39, 0.29) is 29.1 Å². The molecule has 0 saturated heterocycles. The molecule has 4 aromatic rings. The lowest BCUT2D eigenvalue weighted by molar-refractivity contribution is 0.0518. The molecule has 0 aliphatic heterocycles. The molecule has 1 heterocycles. The Kier molecular flexibility index (Phi) is 8.59. The largest absolute Gasteiger partial charge is 0.496 e. The number of halogens is 3. The number of esters is 1. The van der Waals surface area contributed by atoms with Crippen molar-refractivity contribution in [1.82, 2.24) is 9.55 Å². The normalized spacial score (nSPS) is 11.9. The summed E-state index contributed by atoms with van der Waals surface area (Å²) in [7, 11) is 1.58.